The fraction of sp³-hybridized carbons (Fsp3) is 0.136. The Morgan fingerprint density at radius 1 is 0.846 bits per heavy atom. The molecule has 0 saturated heterocycles. The maximum absolute atomic E-state index is 12.3. The minimum absolute atomic E-state index is 0.147. The van der Waals surface area contributed by atoms with Crippen molar-refractivity contribution >= 4 is 17.3 Å². The third-order valence-corrected chi connectivity index (χ3v) is 4.18. The first-order chi connectivity index (χ1) is 12.7. The van der Waals surface area contributed by atoms with E-state index >= 15 is 0 Å². The van der Waals surface area contributed by atoms with Crippen LogP contribution >= 0.6 is 0 Å². The van der Waals surface area contributed by atoms with Crippen LogP contribution in [0.15, 0.2) is 78.9 Å². The van der Waals surface area contributed by atoms with Gasteiger partial charge >= 0.3 is 0 Å². The van der Waals surface area contributed by atoms with Gasteiger partial charge in [-0.15, -0.1) is 0 Å². The molecule has 0 saturated carbocycles. The number of rotatable bonds is 6. The molecule has 0 radical (unpaired) electrons. The number of carbonyl (C=O) groups excluding carboxylic acids is 1. The summed E-state index contributed by atoms with van der Waals surface area (Å²) < 4.78 is 5.11. The fourth-order valence-corrected chi connectivity index (χ4v) is 2.67. The lowest BCUT2D eigenvalue weighted by Crippen LogP contribution is -2.12. The van der Waals surface area contributed by atoms with Gasteiger partial charge in [-0.3, -0.25) is 4.79 Å². The topological polar surface area (TPSA) is 50.4 Å². The van der Waals surface area contributed by atoms with E-state index in [9.17, 15) is 4.79 Å². The van der Waals surface area contributed by atoms with Gasteiger partial charge in [0.05, 0.1) is 7.11 Å². The zero-order valence-electron chi connectivity index (χ0n) is 14.9. The van der Waals surface area contributed by atoms with E-state index in [0.717, 1.165) is 17.1 Å². The second-order valence-corrected chi connectivity index (χ2v) is 6.04. The summed E-state index contributed by atoms with van der Waals surface area (Å²) in [5, 5.41) is 6.36. The lowest BCUT2D eigenvalue weighted by atomic mass is 10.1. The molecule has 132 valence electrons. The van der Waals surface area contributed by atoms with E-state index in [1.807, 2.05) is 42.5 Å². The molecule has 0 bridgehead atoms. The third-order valence-electron chi connectivity index (χ3n) is 4.18. The van der Waals surface area contributed by atoms with Gasteiger partial charge in [-0.1, -0.05) is 30.3 Å². The summed E-state index contributed by atoms with van der Waals surface area (Å²) >= 11 is 0. The summed E-state index contributed by atoms with van der Waals surface area (Å²) in [6.45, 7) is 2.12. The van der Waals surface area contributed by atoms with Crippen LogP contribution in [-0.2, 0) is 0 Å². The molecule has 0 aliphatic heterocycles. The highest BCUT2D eigenvalue weighted by atomic mass is 16.5. The van der Waals surface area contributed by atoms with Gasteiger partial charge in [-0.05, 0) is 61.0 Å². The van der Waals surface area contributed by atoms with Crippen molar-refractivity contribution in [2.24, 2.45) is 0 Å². The number of hydrogen-bond donors (Lipinski definition) is 2. The first-order valence-corrected chi connectivity index (χ1v) is 8.52. The summed E-state index contributed by atoms with van der Waals surface area (Å²) in [6.07, 6.45) is 0. The van der Waals surface area contributed by atoms with Crippen LogP contribution in [0.2, 0.25) is 0 Å². The Kier molecular flexibility index (Phi) is 5.54. The monoisotopic (exact) mass is 346 g/mol. The number of anilines is 2. The van der Waals surface area contributed by atoms with E-state index in [4.69, 9.17) is 4.74 Å². The lowest BCUT2D eigenvalue weighted by Gasteiger charge is -2.16. The predicted molar refractivity (Wildman–Crippen MR) is 106 cm³/mol. The van der Waals surface area contributed by atoms with E-state index in [1.165, 1.54) is 5.56 Å². The number of benzene rings is 3. The summed E-state index contributed by atoms with van der Waals surface area (Å²) in [7, 11) is 1.60. The van der Waals surface area contributed by atoms with Gasteiger partial charge < -0.3 is 15.4 Å². The molecule has 3 aromatic carbocycles. The molecular formula is C22H22N2O2. The molecule has 1 atom stereocenters. The number of nitrogens with one attached hydrogen (secondary N) is 2. The number of hydrogen-bond acceptors (Lipinski definition) is 3. The second kappa shape index (κ2) is 8.21. The van der Waals surface area contributed by atoms with Gasteiger partial charge in [0.15, 0.2) is 0 Å². The second-order valence-electron chi connectivity index (χ2n) is 6.04. The molecular weight excluding hydrogens is 324 g/mol. The highest BCUT2D eigenvalue weighted by molar-refractivity contribution is 6.04. The molecule has 0 aliphatic rings. The van der Waals surface area contributed by atoms with Crippen LogP contribution in [0.25, 0.3) is 0 Å². The van der Waals surface area contributed by atoms with Crippen molar-refractivity contribution < 1.29 is 9.53 Å². The van der Waals surface area contributed by atoms with Crippen LogP contribution in [0.5, 0.6) is 5.75 Å². The Morgan fingerprint density at radius 3 is 2.08 bits per heavy atom. The lowest BCUT2D eigenvalue weighted by molar-refractivity contribution is 0.102. The number of ether oxygens (including phenoxy) is 1. The molecule has 1 unspecified atom stereocenters. The van der Waals surface area contributed by atoms with Gasteiger partial charge in [-0.2, -0.15) is 0 Å². The van der Waals surface area contributed by atoms with Crippen LogP contribution in [0.3, 0.4) is 0 Å². The molecule has 3 aromatic rings. The molecule has 0 heterocycles. The molecule has 0 aromatic heterocycles. The SMILES string of the molecule is COc1ccc(C(=O)Nc2ccc(NC(C)c3ccccc3)cc2)cc1. The standard InChI is InChI=1S/C22H22N2O2/c1-16(17-6-4-3-5-7-17)23-19-10-12-20(13-11-19)24-22(25)18-8-14-21(26-2)15-9-18/h3-16,23H,1-2H3,(H,24,25). The number of amides is 1. The number of carbonyl (C=O) groups is 1. The smallest absolute Gasteiger partial charge is 0.255 e. The van der Waals surface area contributed by atoms with Crippen molar-refractivity contribution in [3.8, 4) is 5.75 Å². The maximum Gasteiger partial charge on any atom is 0.255 e. The highest BCUT2D eigenvalue weighted by Crippen LogP contribution is 2.21. The maximum atomic E-state index is 12.3. The van der Waals surface area contributed by atoms with Crippen LogP contribution in [-0.4, -0.2) is 13.0 Å². The average Bonchev–Trinajstić information content (AvgIpc) is 2.70. The minimum Gasteiger partial charge on any atom is -0.497 e. The van der Waals surface area contributed by atoms with Crippen molar-refractivity contribution in [2.75, 3.05) is 17.7 Å². The van der Waals surface area contributed by atoms with Crippen LogP contribution in [0.1, 0.15) is 28.9 Å². The quantitative estimate of drug-likeness (QED) is 0.651. The molecule has 0 fully saturated rings. The summed E-state index contributed by atoms with van der Waals surface area (Å²) in [6, 6.07) is 25.2. The fourth-order valence-electron chi connectivity index (χ4n) is 2.67. The Bertz CT molecular complexity index is 844. The Morgan fingerprint density at radius 2 is 1.46 bits per heavy atom. The van der Waals surface area contributed by atoms with Crippen molar-refractivity contribution in [1.29, 1.82) is 0 Å². The zero-order chi connectivity index (χ0) is 18.4. The van der Waals surface area contributed by atoms with Gasteiger partial charge in [0.25, 0.3) is 5.91 Å². The molecule has 0 spiro atoms. The number of methoxy groups -OCH3 is 1. The van der Waals surface area contributed by atoms with Gasteiger partial charge in [0, 0.05) is 23.0 Å². The summed E-state index contributed by atoms with van der Waals surface area (Å²) in [5.41, 5.74) is 3.57. The minimum atomic E-state index is -0.147. The van der Waals surface area contributed by atoms with Crippen LogP contribution < -0.4 is 15.4 Å². The van der Waals surface area contributed by atoms with Gasteiger partial charge in [0.1, 0.15) is 5.75 Å². The van der Waals surface area contributed by atoms with E-state index in [-0.39, 0.29) is 11.9 Å². The Hall–Kier alpha value is -3.27. The first-order valence-electron chi connectivity index (χ1n) is 8.52. The van der Waals surface area contributed by atoms with Gasteiger partial charge in [-0.25, -0.2) is 0 Å². The molecule has 4 nitrogen and oxygen atoms in total. The Balaban J connectivity index is 1.61. The zero-order valence-corrected chi connectivity index (χ0v) is 14.9. The van der Waals surface area contributed by atoms with Crippen molar-refractivity contribution in [3.05, 3.63) is 90.0 Å². The summed E-state index contributed by atoms with van der Waals surface area (Å²) in [4.78, 5) is 12.3. The van der Waals surface area contributed by atoms with E-state index in [0.29, 0.717) is 5.56 Å². The van der Waals surface area contributed by atoms with E-state index in [1.54, 1.807) is 31.4 Å². The normalized spacial score (nSPS) is 11.5. The van der Waals surface area contributed by atoms with Crippen LogP contribution in [0, 0.1) is 0 Å². The van der Waals surface area contributed by atoms with Crippen molar-refractivity contribution in [1.82, 2.24) is 0 Å². The molecule has 1 amide bonds. The highest BCUT2D eigenvalue weighted by Gasteiger charge is 2.07. The molecule has 2 N–H and O–H groups in total. The van der Waals surface area contributed by atoms with Gasteiger partial charge in [0.2, 0.25) is 0 Å². The largest absolute Gasteiger partial charge is 0.497 e. The predicted octanol–water partition coefficient (Wildman–Crippen LogP) is 5.12. The first kappa shape index (κ1) is 17.5. The van der Waals surface area contributed by atoms with Crippen molar-refractivity contribution in [3.63, 3.8) is 0 Å². The summed E-state index contributed by atoms with van der Waals surface area (Å²) in [5.74, 6) is 0.579. The van der Waals surface area contributed by atoms with Crippen LogP contribution in [0.4, 0.5) is 11.4 Å². The average molecular weight is 346 g/mol. The molecule has 4 heteroatoms. The van der Waals surface area contributed by atoms with E-state index in [2.05, 4.69) is 29.7 Å². The third kappa shape index (κ3) is 4.42. The molecule has 0 aliphatic carbocycles. The Labute approximate surface area is 153 Å². The molecule has 3 rings (SSSR count). The molecule has 26 heavy (non-hydrogen) atoms. The van der Waals surface area contributed by atoms with E-state index < -0.39 is 0 Å². The van der Waals surface area contributed by atoms with Crippen molar-refractivity contribution in [2.45, 2.75) is 13.0 Å².